The first-order valence-electron chi connectivity index (χ1n) is 21.3. The maximum Gasteiger partial charge on any atom is 0.297 e. The van der Waals surface area contributed by atoms with Crippen LogP contribution < -0.4 is 11.5 Å². The van der Waals surface area contributed by atoms with E-state index in [9.17, 15) is 103 Å². The normalized spacial score (nSPS) is 13.2. The fraction of sp³-hybridized carbons (Fsp3) is 0. The molecule has 0 unspecified atom stereocenters. The standard InChI is InChI=1S/C42H29N11O23S6/c43-20-1-7-26(28(15-20)77(59,60)61)47-51-37-31(80(68,69)70)12-18-10-22(3-6-25(18)40(37)54)46-50-39-33(82(74,75)76)14-19-13-30(79(65,66)67)36(35(44)34(19)42(39)56)49-45-21-2-5-24-17(9-21)11-32(81(71,72)73)38(41(24)55)52-48-27-8-4-23(53(57)58)16-29(27)78(62,63)64/h1-16,54-56H,43-44H2,(H,59,60,61)(H,62,63,64)(H,65,66,67)(H,68,69,70)(H,71,72,73)(H,74,75,76)/b49-45?,50-46?,51-47-,52-48+. The molecular weight excluding hydrogens is 1220 g/mol. The molecule has 0 aromatic heterocycles. The molecule has 0 spiro atoms. The van der Waals surface area contributed by atoms with E-state index in [4.69, 9.17) is 11.5 Å². The van der Waals surface area contributed by atoms with Crippen LogP contribution in [0.15, 0.2) is 167 Å². The number of hydrogen-bond acceptors (Lipinski definition) is 27. The summed E-state index contributed by atoms with van der Waals surface area (Å²) in [5, 5.41) is 72.1. The number of nitro groups is 1. The predicted molar refractivity (Wildman–Crippen MR) is 281 cm³/mol. The molecule has 13 N–H and O–H groups in total. The lowest BCUT2D eigenvalue weighted by atomic mass is 10.0. The van der Waals surface area contributed by atoms with E-state index in [2.05, 4.69) is 40.9 Å². The largest absolute Gasteiger partial charge is 0.505 e. The molecule has 8 rings (SSSR count). The van der Waals surface area contributed by atoms with Crippen LogP contribution in [0.25, 0.3) is 32.3 Å². The van der Waals surface area contributed by atoms with E-state index in [1.807, 2.05) is 0 Å². The molecule has 0 saturated heterocycles. The smallest absolute Gasteiger partial charge is 0.297 e. The number of rotatable bonds is 15. The van der Waals surface area contributed by atoms with Crippen LogP contribution in [0.3, 0.4) is 0 Å². The zero-order valence-electron chi connectivity index (χ0n) is 39.6. The van der Waals surface area contributed by atoms with Gasteiger partial charge in [0.2, 0.25) is 0 Å². The van der Waals surface area contributed by atoms with Crippen molar-refractivity contribution in [2.45, 2.75) is 29.4 Å². The van der Waals surface area contributed by atoms with E-state index in [0.717, 1.165) is 66.7 Å². The number of nitrogens with two attached hydrogens (primary N) is 2. The third kappa shape index (κ3) is 11.8. The van der Waals surface area contributed by atoms with Crippen molar-refractivity contribution in [1.82, 2.24) is 0 Å². The molecule has 8 aromatic carbocycles. The van der Waals surface area contributed by atoms with Gasteiger partial charge in [0.25, 0.3) is 66.4 Å². The molecule has 0 atom stereocenters. The average molecular weight is 1250 g/mol. The van der Waals surface area contributed by atoms with E-state index in [-0.39, 0.29) is 38.6 Å². The number of aromatic hydroxyl groups is 3. The van der Waals surface area contributed by atoms with Crippen LogP contribution in [-0.4, -0.2) is 98.1 Å². The van der Waals surface area contributed by atoms with Gasteiger partial charge in [0, 0.05) is 28.6 Å². The van der Waals surface area contributed by atoms with Gasteiger partial charge >= 0.3 is 0 Å². The molecule has 0 heterocycles. The Morgan fingerprint density at radius 2 is 0.732 bits per heavy atom. The van der Waals surface area contributed by atoms with Crippen LogP contribution >= 0.6 is 0 Å². The Morgan fingerprint density at radius 3 is 1.15 bits per heavy atom. The second-order valence-corrected chi connectivity index (χ2v) is 24.9. The summed E-state index contributed by atoms with van der Waals surface area (Å²) < 4.78 is 209. The zero-order valence-corrected chi connectivity index (χ0v) is 44.5. The van der Waals surface area contributed by atoms with Gasteiger partial charge in [-0.15, -0.1) is 30.7 Å². The number of phenols is 3. The number of nitro benzene ring substituents is 1. The van der Waals surface area contributed by atoms with Crippen LogP contribution in [0.2, 0.25) is 0 Å². The maximum absolute atomic E-state index is 12.8. The molecule has 34 nitrogen and oxygen atoms in total. The van der Waals surface area contributed by atoms with Gasteiger partial charge in [-0.25, -0.2) is 0 Å². The first-order valence-corrected chi connectivity index (χ1v) is 29.9. The summed E-state index contributed by atoms with van der Waals surface area (Å²) in [6.07, 6.45) is 0. The Bertz CT molecular complexity index is 5020. The van der Waals surface area contributed by atoms with Crippen molar-refractivity contribution >= 4 is 156 Å². The summed E-state index contributed by atoms with van der Waals surface area (Å²) in [5.41, 5.74) is 3.92. The molecule has 0 radical (unpaired) electrons. The molecule has 0 aliphatic carbocycles. The number of benzene rings is 8. The fourth-order valence-corrected chi connectivity index (χ4v) is 11.6. The van der Waals surface area contributed by atoms with Crippen molar-refractivity contribution in [3.63, 3.8) is 0 Å². The van der Waals surface area contributed by atoms with E-state index in [0.29, 0.717) is 30.3 Å². The summed E-state index contributed by atoms with van der Waals surface area (Å²) >= 11 is 0. The highest BCUT2D eigenvalue weighted by Crippen LogP contribution is 2.50. The Kier molecular flexibility index (Phi) is 14.9. The maximum atomic E-state index is 12.8. The van der Waals surface area contributed by atoms with Crippen molar-refractivity contribution in [2.24, 2.45) is 40.9 Å². The highest BCUT2D eigenvalue weighted by atomic mass is 32.2. The number of fused-ring (bicyclic) bond motifs is 3. The molecular formula is C42H29N11O23S6. The van der Waals surface area contributed by atoms with Gasteiger partial charge in [-0.05, 0) is 101 Å². The van der Waals surface area contributed by atoms with Gasteiger partial charge in [0.15, 0.2) is 17.2 Å². The van der Waals surface area contributed by atoms with Crippen molar-refractivity contribution < 1.29 is 98.1 Å². The van der Waals surface area contributed by atoms with E-state index in [1.165, 1.54) is 0 Å². The molecule has 426 valence electrons. The number of nitrogen functional groups attached to an aromatic ring is 2. The van der Waals surface area contributed by atoms with Gasteiger partial charge in [-0.2, -0.15) is 60.7 Å². The average Bonchev–Trinajstić information content (AvgIpc) is 1.47. The van der Waals surface area contributed by atoms with Crippen molar-refractivity contribution in [3.05, 3.63) is 107 Å². The van der Waals surface area contributed by atoms with Gasteiger partial charge in [0.05, 0.1) is 27.4 Å². The Labute approximate surface area is 457 Å². The Balaban J connectivity index is 1.21. The minimum Gasteiger partial charge on any atom is -0.505 e. The highest BCUT2D eigenvalue weighted by Gasteiger charge is 2.30. The Hall–Kier alpha value is -9.20. The lowest BCUT2D eigenvalue weighted by Gasteiger charge is -2.14. The van der Waals surface area contributed by atoms with E-state index in [1.54, 1.807) is 0 Å². The van der Waals surface area contributed by atoms with Gasteiger partial charge in [0.1, 0.15) is 63.5 Å². The monoisotopic (exact) mass is 1250 g/mol. The summed E-state index contributed by atoms with van der Waals surface area (Å²) in [6.45, 7) is 0. The van der Waals surface area contributed by atoms with Crippen molar-refractivity contribution in [1.29, 1.82) is 0 Å². The van der Waals surface area contributed by atoms with Crippen LogP contribution in [-0.2, 0) is 60.7 Å². The molecule has 0 amide bonds. The minimum absolute atomic E-state index is 0.141. The molecule has 0 bridgehead atoms. The third-order valence-electron chi connectivity index (χ3n) is 11.2. The summed E-state index contributed by atoms with van der Waals surface area (Å²) in [4.78, 5) is 3.38. The van der Waals surface area contributed by atoms with Crippen LogP contribution in [0.4, 0.5) is 62.6 Å². The first kappa shape index (κ1) is 58.9. The van der Waals surface area contributed by atoms with Crippen LogP contribution in [0.5, 0.6) is 17.2 Å². The number of hydrogen-bond donors (Lipinski definition) is 11. The molecule has 0 aliphatic heterocycles. The lowest BCUT2D eigenvalue weighted by molar-refractivity contribution is -0.385. The van der Waals surface area contributed by atoms with Crippen LogP contribution in [0, 0.1) is 10.1 Å². The second-order valence-electron chi connectivity index (χ2n) is 16.5. The number of azo groups is 4. The quantitative estimate of drug-likeness (QED) is 0.0151. The van der Waals surface area contributed by atoms with Gasteiger partial charge in [-0.3, -0.25) is 37.4 Å². The second kappa shape index (κ2) is 20.7. The third-order valence-corrected chi connectivity index (χ3v) is 16.5. The fourth-order valence-electron chi connectivity index (χ4n) is 7.64. The lowest BCUT2D eigenvalue weighted by Crippen LogP contribution is -2.03. The van der Waals surface area contributed by atoms with E-state index >= 15 is 0 Å². The predicted octanol–water partition coefficient (Wildman–Crippen LogP) is 8.48. The molecule has 0 saturated carbocycles. The highest BCUT2D eigenvalue weighted by molar-refractivity contribution is 7.87. The first-order chi connectivity index (χ1) is 37.8. The number of non-ortho nitro benzene ring substituents is 1. The molecule has 0 fully saturated rings. The van der Waals surface area contributed by atoms with Crippen molar-refractivity contribution in [2.75, 3.05) is 11.5 Å². The number of phenolic OH excluding ortho intramolecular Hbond substituents is 3. The van der Waals surface area contributed by atoms with Crippen molar-refractivity contribution in [3.8, 4) is 17.2 Å². The Morgan fingerprint density at radius 1 is 0.378 bits per heavy atom. The SMILES string of the molecule is Nc1ccc(/N=N\c2c(S(=O)(=O)O)cc3cc(N=Nc4c(S(=O)(=O)O)cc5cc(S(=O)(=O)O)c(N=Nc6ccc7c(O)c(/N=N/c8ccc([N+](=O)[O-])cc8S(=O)(=O)O)c(S(=O)(=O)O)cc7c6)c(N)c5c4O)ccc3c2O)c(S(=O)(=O)O)c1. The zero-order chi connectivity index (χ0) is 60.6. The number of anilines is 2. The van der Waals surface area contributed by atoms with Gasteiger partial charge < -0.3 is 26.8 Å². The summed E-state index contributed by atoms with van der Waals surface area (Å²) in [7, 11) is -31.9. The summed E-state index contributed by atoms with van der Waals surface area (Å²) in [5.74, 6) is -3.30. The summed E-state index contributed by atoms with van der Waals surface area (Å²) in [6, 6.07) is 13.4. The number of nitrogens with zero attached hydrogens (tertiary/aromatic N) is 9. The molecule has 82 heavy (non-hydrogen) atoms. The topological polar surface area (TPSA) is 581 Å². The van der Waals surface area contributed by atoms with E-state index < -0.39 is 169 Å². The molecule has 0 aliphatic rings. The molecule has 40 heteroatoms. The minimum atomic E-state index is -5.48. The molecule has 8 aromatic rings. The van der Waals surface area contributed by atoms with Crippen LogP contribution in [0.1, 0.15) is 0 Å². The van der Waals surface area contributed by atoms with Gasteiger partial charge in [-0.1, -0.05) is 0 Å².